The summed E-state index contributed by atoms with van der Waals surface area (Å²) in [6.07, 6.45) is 8.34. The van der Waals surface area contributed by atoms with Crippen LogP contribution in [0, 0.1) is 5.82 Å². The highest BCUT2D eigenvalue weighted by Gasteiger charge is 2.16. The van der Waals surface area contributed by atoms with Gasteiger partial charge in [-0.1, -0.05) is 18.2 Å². The Labute approximate surface area is 170 Å². The zero-order valence-electron chi connectivity index (χ0n) is 17.2. The molecule has 0 aliphatic heterocycles. The zero-order valence-corrected chi connectivity index (χ0v) is 17.2. The van der Waals surface area contributed by atoms with Crippen LogP contribution in [0.15, 0.2) is 59.1 Å². The lowest BCUT2D eigenvalue weighted by Crippen LogP contribution is -2.29. The van der Waals surface area contributed by atoms with E-state index in [9.17, 15) is 4.39 Å². The van der Waals surface area contributed by atoms with Crippen molar-refractivity contribution in [3.8, 4) is 0 Å². The molecule has 6 nitrogen and oxygen atoms in total. The van der Waals surface area contributed by atoms with E-state index >= 15 is 0 Å². The van der Waals surface area contributed by atoms with Gasteiger partial charge in [0.25, 0.3) is 0 Å². The molecule has 0 bridgehead atoms. The summed E-state index contributed by atoms with van der Waals surface area (Å²) in [5.41, 5.74) is 4.24. The summed E-state index contributed by atoms with van der Waals surface area (Å²) in [5, 5.41) is 0. The fourth-order valence-electron chi connectivity index (χ4n) is 3.38. The van der Waals surface area contributed by atoms with Gasteiger partial charge in [-0.3, -0.25) is 9.89 Å². The van der Waals surface area contributed by atoms with Crippen molar-refractivity contribution in [1.82, 2.24) is 24.4 Å². The lowest BCUT2D eigenvalue weighted by molar-refractivity contribution is 0.280. The van der Waals surface area contributed by atoms with Crippen molar-refractivity contribution < 1.29 is 4.39 Å². The number of nitrogens with one attached hydrogen (secondary N) is 1. The van der Waals surface area contributed by atoms with Crippen molar-refractivity contribution >= 4 is 17.8 Å². The monoisotopic (exact) mass is 394 g/mol. The SMILES string of the molecule is C=N/C(CN(CCc1cnc[nH]1)Cc1nc2cccc(F)c2n1C)=C(C)\C=C/C. The lowest BCUT2D eigenvalue weighted by atomic mass is 10.2. The first-order valence-corrected chi connectivity index (χ1v) is 9.62. The van der Waals surface area contributed by atoms with Gasteiger partial charge in [0, 0.05) is 38.4 Å². The van der Waals surface area contributed by atoms with E-state index in [2.05, 4.69) is 31.6 Å². The minimum absolute atomic E-state index is 0.259. The number of imidazole rings is 2. The standard InChI is InChI=1S/C22H27FN6/c1-5-7-16(2)20(24-3)13-29(11-10-17-12-25-15-26-17)14-21-27-19-9-6-8-18(23)22(19)28(21)4/h5-9,12,15H,3,10-11,13-14H2,1-2,4H3,(H,25,26)/b7-5-,20-16-. The number of nitrogens with zero attached hydrogens (tertiary/aromatic N) is 5. The Morgan fingerprint density at radius 1 is 1.41 bits per heavy atom. The fraction of sp³-hybridized carbons (Fsp3) is 0.318. The number of allylic oxidation sites excluding steroid dienone is 3. The molecule has 0 fully saturated rings. The van der Waals surface area contributed by atoms with Gasteiger partial charge in [0.15, 0.2) is 0 Å². The second kappa shape index (κ2) is 9.43. The molecule has 0 aliphatic rings. The molecule has 7 heteroatoms. The molecule has 3 rings (SSSR count). The molecule has 0 spiro atoms. The van der Waals surface area contributed by atoms with Crippen LogP contribution in [0.3, 0.4) is 0 Å². The Hall–Kier alpha value is -3.06. The number of halogens is 1. The van der Waals surface area contributed by atoms with Crippen molar-refractivity contribution in [2.45, 2.75) is 26.8 Å². The fourth-order valence-corrected chi connectivity index (χ4v) is 3.38. The smallest absolute Gasteiger partial charge is 0.149 e. The number of rotatable bonds is 9. The van der Waals surface area contributed by atoms with E-state index < -0.39 is 0 Å². The molecule has 0 saturated heterocycles. The van der Waals surface area contributed by atoms with E-state index in [-0.39, 0.29) is 5.82 Å². The van der Waals surface area contributed by atoms with Crippen LogP contribution in [0.2, 0.25) is 0 Å². The Morgan fingerprint density at radius 2 is 2.24 bits per heavy atom. The van der Waals surface area contributed by atoms with Crippen LogP contribution in [0.25, 0.3) is 11.0 Å². The van der Waals surface area contributed by atoms with Crippen LogP contribution in [-0.4, -0.2) is 44.2 Å². The van der Waals surface area contributed by atoms with E-state index in [1.807, 2.05) is 49.9 Å². The van der Waals surface area contributed by atoms with Gasteiger partial charge in [0.2, 0.25) is 0 Å². The maximum absolute atomic E-state index is 14.3. The third kappa shape index (κ3) is 4.86. The first-order valence-electron chi connectivity index (χ1n) is 9.62. The summed E-state index contributed by atoms with van der Waals surface area (Å²) in [5.74, 6) is 0.548. The number of aromatic nitrogens is 4. The van der Waals surface area contributed by atoms with Gasteiger partial charge in [0.1, 0.15) is 17.2 Å². The number of aryl methyl sites for hydroxylation is 1. The summed E-state index contributed by atoms with van der Waals surface area (Å²) in [6, 6.07) is 4.99. The van der Waals surface area contributed by atoms with E-state index in [0.29, 0.717) is 24.1 Å². The highest BCUT2D eigenvalue weighted by Crippen LogP contribution is 2.20. The first-order chi connectivity index (χ1) is 14.0. The van der Waals surface area contributed by atoms with Crippen molar-refractivity contribution in [3.63, 3.8) is 0 Å². The Balaban J connectivity index is 1.88. The van der Waals surface area contributed by atoms with E-state index in [0.717, 1.165) is 35.8 Å². The van der Waals surface area contributed by atoms with Crippen LogP contribution >= 0.6 is 0 Å². The summed E-state index contributed by atoms with van der Waals surface area (Å²) >= 11 is 0. The number of aliphatic imine (C=N–C) groups is 1. The summed E-state index contributed by atoms with van der Waals surface area (Å²) in [6.45, 7) is 9.72. The maximum Gasteiger partial charge on any atom is 0.149 e. The first kappa shape index (κ1) is 20.7. The Bertz CT molecular complexity index is 1030. The average Bonchev–Trinajstić information content (AvgIpc) is 3.33. The summed E-state index contributed by atoms with van der Waals surface area (Å²) in [4.78, 5) is 18.4. The largest absolute Gasteiger partial charge is 0.348 e. The molecule has 1 aromatic carbocycles. The van der Waals surface area contributed by atoms with Gasteiger partial charge in [0.05, 0.1) is 24.1 Å². The zero-order chi connectivity index (χ0) is 20.8. The molecule has 0 unspecified atom stereocenters. The lowest BCUT2D eigenvalue weighted by Gasteiger charge is -2.22. The number of hydrogen-bond donors (Lipinski definition) is 1. The van der Waals surface area contributed by atoms with Crippen LogP contribution in [-0.2, 0) is 20.0 Å². The number of fused-ring (bicyclic) bond motifs is 1. The van der Waals surface area contributed by atoms with Crippen molar-refractivity contribution in [1.29, 1.82) is 0 Å². The minimum Gasteiger partial charge on any atom is -0.348 e. The second-order valence-corrected chi connectivity index (χ2v) is 7.02. The number of hydrogen-bond acceptors (Lipinski definition) is 4. The number of aromatic amines is 1. The van der Waals surface area contributed by atoms with Gasteiger partial charge in [-0.15, -0.1) is 0 Å². The minimum atomic E-state index is -0.259. The second-order valence-electron chi connectivity index (χ2n) is 7.02. The average molecular weight is 394 g/mol. The van der Waals surface area contributed by atoms with Crippen molar-refractivity contribution in [2.24, 2.45) is 12.0 Å². The Morgan fingerprint density at radius 3 is 2.90 bits per heavy atom. The maximum atomic E-state index is 14.3. The quantitative estimate of drug-likeness (QED) is 0.440. The predicted octanol–water partition coefficient (Wildman–Crippen LogP) is 4.03. The highest BCUT2D eigenvalue weighted by atomic mass is 19.1. The van der Waals surface area contributed by atoms with Gasteiger partial charge in [-0.05, 0) is 38.3 Å². The third-order valence-electron chi connectivity index (χ3n) is 4.99. The molecule has 0 saturated carbocycles. The van der Waals surface area contributed by atoms with Crippen LogP contribution in [0.4, 0.5) is 4.39 Å². The molecule has 2 aromatic heterocycles. The molecule has 152 valence electrons. The molecule has 1 N–H and O–H groups in total. The molecule has 3 aromatic rings. The van der Waals surface area contributed by atoms with E-state index in [1.54, 1.807) is 12.4 Å². The van der Waals surface area contributed by atoms with E-state index in [4.69, 9.17) is 0 Å². The van der Waals surface area contributed by atoms with Crippen LogP contribution in [0.1, 0.15) is 25.4 Å². The molecule has 0 radical (unpaired) electrons. The van der Waals surface area contributed by atoms with Gasteiger partial charge < -0.3 is 9.55 Å². The third-order valence-corrected chi connectivity index (χ3v) is 4.99. The molecule has 2 heterocycles. The normalized spacial score (nSPS) is 12.9. The van der Waals surface area contributed by atoms with Crippen LogP contribution < -0.4 is 0 Å². The number of H-pyrrole nitrogens is 1. The number of benzene rings is 1. The summed E-state index contributed by atoms with van der Waals surface area (Å²) < 4.78 is 16.1. The predicted molar refractivity (Wildman–Crippen MR) is 115 cm³/mol. The van der Waals surface area contributed by atoms with E-state index in [1.165, 1.54) is 6.07 Å². The van der Waals surface area contributed by atoms with Gasteiger partial charge in [-0.25, -0.2) is 14.4 Å². The molecule has 29 heavy (non-hydrogen) atoms. The van der Waals surface area contributed by atoms with Crippen LogP contribution in [0.5, 0.6) is 0 Å². The van der Waals surface area contributed by atoms with Gasteiger partial charge >= 0.3 is 0 Å². The molecular weight excluding hydrogens is 367 g/mol. The summed E-state index contributed by atoms with van der Waals surface area (Å²) in [7, 11) is 1.86. The Kier molecular flexibility index (Phi) is 6.72. The molecule has 0 aliphatic carbocycles. The number of para-hydroxylation sites is 1. The molecule has 0 amide bonds. The highest BCUT2D eigenvalue weighted by molar-refractivity contribution is 5.76. The molecule has 0 atom stereocenters. The van der Waals surface area contributed by atoms with Gasteiger partial charge in [-0.2, -0.15) is 0 Å². The topological polar surface area (TPSA) is 62.1 Å². The van der Waals surface area contributed by atoms with Crippen molar-refractivity contribution in [3.05, 3.63) is 71.5 Å². The van der Waals surface area contributed by atoms with Crippen molar-refractivity contribution in [2.75, 3.05) is 13.1 Å². The molecular formula is C22H27FN6.